The third-order valence-corrected chi connectivity index (χ3v) is 3.26. The fourth-order valence-corrected chi connectivity index (χ4v) is 1.94. The number of rotatable bonds is 5. The van der Waals surface area contributed by atoms with E-state index in [4.69, 9.17) is 14.6 Å². The van der Waals surface area contributed by atoms with Gasteiger partial charge in [-0.2, -0.15) is 0 Å². The molecular weight excluding hydrogens is 374 g/mol. The minimum atomic E-state index is -1.17. The lowest BCUT2D eigenvalue weighted by molar-refractivity contribution is 0.0696. The molecule has 0 aliphatic carbocycles. The summed E-state index contributed by atoms with van der Waals surface area (Å²) in [6.45, 7) is 0. The number of hydrogen-bond acceptors (Lipinski definition) is 9. The van der Waals surface area contributed by atoms with Gasteiger partial charge in [-0.1, -0.05) is 0 Å². The number of carbonyl (C=O) groups is 3. The first-order valence-corrected chi connectivity index (χ1v) is 7.60. The Kier molecular flexibility index (Phi) is 6.53. The Morgan fingerprint density at radius 1 is 0.929 bits per heavy atom. The lowest BCUT2D eigenvalue weighted by Crippen LogP contribution is -2.12. The van der Waals surface area contributed by atoms with Crippen molar-refractivity contribution in [1.82, 2.24) is 0 Å². The summed E-state index contributed by atoms with van der Waals surface area (Å²) in [6, 6.07) is 7.74. The molecule has 28 heavy (non-hydrogen) atoms. The first-order chi connectivity index (χ1) is 13.3. The van der Waals surface area contributed by atoms with E-state index < -0.39 is 18.3 Å². The summed E-state index contributed by atoms with van der Waals surface area (Å²) in [5.74, 6) is -1.65. The van der Waals surface area contributed by atoms with Crippen molar-refractivity contribution in [3.8, 4) is 17.2 Å². The number of phenolic OH excluding ortho intramolecular Hbond substituents is 1. The fourth-order valence-electron chi connectivity index (χ4n) is 1.94. The number of benzene rings is 2. The van der Waals surface area contributed by atoms with Crippen molar-refractivity contribution in [2.75, 3.05) is 14.2 Å². The van der Waals surface area contributed by atoms with Crippen LogP contribution in [0.5, 0.6) is 17.2 Å². The number of aromatic hydroxyl groups is 1. The first-order valence-electron chi connectivity index (χ1n) is 7.60. The van der Waals surface area contributed by atoms with Crippen molar-refractivity contribution in [2.45, 2.75) is 0 Å². The summed E-state index contributed by atoms with van der Waals surface area (Å²) in [5.41, 5.74) is 0.350. The molecule has 2 aromatic carbocycles. The Bertz CT molecular complexity index is 937. The van der Waals surface area contributed by atoms with Gasteiger partial charge in [0.05, 0.1) is 19.8 Å². The van der Waals surface area contributed by atoms with Gasteiger partial charge in [0.25, 0.3) is 0 Å². The highest BCUT2D eigenvalue weighted by atomic mass is 16.7. The molecule has 10 heteroatoms. The number of nitrogens with zero attached hydrogens (tertiary/aromatic N) is 1. The zero-order chi connectivity index (χ0) is 20.7. The fraction of sp³-hybridized carbons (Fsp3) is 0.111. The Morgan fingerprint density at radius 3 is 2.18 bits per heavy atom. The van der Waals surface area contributed by atoms with Gasteiger partial charge in [-0.05, 0) is 42.0 Å². The van der Waals surface area contributed by atoms with Crippen LogP contribution in [-0.4, -0.2) is 48.9 Å². The number of carboxylic acids is 1. The molecule has 0 aliphatic rings. The van der Waals surface area contributed by atoms with E-state index in [2.05, 4.69) is 14.5 Å². The molecule has 0 heterocycles. The monoisotopic (exact) mass is 389 g/mol. The van der Waals surface area contributed by atoms with Crippen LogP contribution in [0.2, 0.25) is 0 Å². The lowest BCUT2D eigenvalue weighted by Gasteiger charge is -2.09. The molecule has 2 N–H and O–H groups in total. The number of methoxy groups -OCH3 is 2. The van der Waals surface area contributed by atoms with Gasteiger partial charge in [-0.3, -0.25) is 4.99 Å². The number of ether oxygens (including phenoxy) is 4. The van der Waals surface area contributed by atoms with E-state index in [9.17, 15) is 19.5 Å². The summed E-state index contributed by atoms with van der Waals surface area (Å²) in [4.78, 5) is 37.7. The van der Waals surface area contributed by atoms with Crippen LogP contribution in [0.3, 0.4) is 0 Å². The summed E-state index contributed by atoms with van der Waals surface area (Å²) in [7, 11) is 2.22. The van der Waals surface area contributed by atoms with E-state index in [-0.39, 0.29) is 28.5 Å². The number of aliphatic imine (C=N–C) groups is 1. The highest BCUT2D eigenvalue weighted by Crippen LogP contribution is 2.30. The van der Waals surface area contributed by atoms with Crippen molar-refractivity contribution in [3.63, 3.8) is 0 Å². The standard InChI is InChI=1S/C18H15NO9/c1-25-17(23)27-14-6-3-10(7-15(14)28-18(24)26-2)9-19-12-8-11(16(21)22)4-5-13(12)20/h3-9,20H,1-2H3,(H,21,22). The molecule has 146 valence electrons. The number of phenols is 1. The molecule has 0 spiro atoms. The number of carbonyl (C=O) groups excluding carboxylic acids is 2. The van der Waals surface area contributed by atoms with Crippen LogP contribution in [0.15, 0.2) is 41.4 Å². The first kappa shape index (κ1) is 20.2. The van der Waals surface area contributed by atoms with Gasteiger partial charge in [0.15, 0.2) is 11.5 Å². The SMILES string of the molecule is COC(=O)Oc1ccc(C=Nc2cc(C(=O)O)ccc2O)cc1OC(=O)OC. The Labute approximate surface area is 158 Å². The minimum absolute atomic E-state index is 0.0187. The van der Waals surface area contributed by atoms with Crippen molar-refractivity contribution in [1.29, 1.82) is 0 Å². The Hall–Kier alpha value is -4.08. The molecule has 0 atom stereocenters. The summed E-state index contributed by atoms with van der Waals surface area (Å²) < 4.78 is 18.6. The molecule has 0 aromatic heterocycles. The summed E-state index contributed by atoms with van der Waals surface area (Å²) >= 11 is 0. The van der Waals surface area contributed by atoms with E-state index in [1.807, 2.05) is 0 Å². The van der Waals surface area contributed by atoms with Gasteiger partial charge in [-0.15, -0.1) is 0 Å². The minimum Gasteiger partial charge on any atom is -0.506 e. The molecular formula is C18H15NO9. The molecule has 0 radical (unpaired) electrons. The van der Waals surface area contributed by atoms with Gasteiger partial charge in [0.1, 0.15) is 11.4 Å². The van der Waals surface area contributed by atoms with E-state index in [0.717, 1.165) is 14.2 Å². The quantitative estimate of drug-likeness (QED) is 0.448. The Balaban J connectivity index is 2.35. The Morgan fingerprint density at radius 2 is 1.57 bits per heavy atom. The summed E-state index contributed by atoms with van der Waals surface area (Å²) in [6.07, 6.45) is -0.783. The third-order valence-electron chi connectivity index (χ3n) is 3.26. The largest absolute Gasteiger partial charge is 0.513 e. The van der Waals surface area contributed by atoms with Crippen LogP contribution in [0.25, 0.3) is 0 Å². The van der Waals surface area contributed by atoms with Crippen LogP contribution >= 0.6 is 0 Å². The van der Waals surface area contributed by atoms with Crippen LogP contribution in [0.1, 0.15) is 15.9 Å². The average Bonchev–Trinajstić information content (AvgIpc) is 2.68. The normalized spacial score (nSPS) is 10.4. The van der Waals surface area contributed by atoms with E-state index in [1.165, 1.54) is 42.6 Å². The second-order valence-electron chi connectivity index (χ2n) is 5.09. The van der Waals surface area contributed by atoms with E-state index in [1.54, 1.807) is 0 Å². The zero-order valence-corrected chi connectivity index (χ0v) is 14.7. The number of aromatic carboxylic acids is 1. The van der Waals surface area contributed by atoms with Crippen LogP contribution in [0.4, 0.5) is 15.3 Å². The smallest absolute Gasteiger partial charge is 0.506 e. The number of hydrogen-bond donors (Lipinski definition) is 2. The third kappa shape index (κ3) is 5.21. The van der Waals surface area contributed by atoms with Crippen molar-refractivity contribution in [2.24, 2.45) is 4.99 Å². The predicted molar refractivity (Wildman–Crippen MR) is 94.8 cm³/mol. The van der Waals surface area contributed by atoms with Gasteiger partial charge in [0, 0.05) is 6.21 Å². The topological polar surface area (TPSA) is 141 Å². The molecule has 0 bridgehead atoms. The highest BCUT2D eigenvalue weighted by Gasteiger charge is 2.15. The van der Waals surface area contributed by atoms with E-state index in [0.29, 0.717) is 5.56 Å². The van der Waals surface area contributed by atoms with Crippen molar-refractivity contribution >= 4 is 30.2 Å². The maximum Gasteiger partial charge on any atom is 0.513 e. The molecule has 0 saturated heterocycles. The number of carboxylic acid groups (broad SMARTS) is 1. The van der Waals surface area contributed by atoms with Gasteiger partial charge < -0.3 is 29.2 Å². The lowest BCUT2D eigenvalue weighted by atomic mass is 10.2. The predicted octanol–water partition coefficient (Wildman–Crippen LogP) is 3.13. The molecule has 0 unspecified atom stereocenters. The van der Waals surface area contributed by atoms with Gasteiger partial charge >= 0.3 is 18.3 Å². The molecule has 0 saturated carbocycles. The van der Waals surface area contributed by atoms with E-state index >= 15 is 0 Å². The maximum absolute atomic E-state index is 11.4. The van der Waals surface area contributed by atoms with Gasteiger partial charge in [-0.25, -0.2) is 14.4 Å². The van der Waals surface area contributed by atoms with Crippen molar-refractivity contribution < 1.29 is 43.5 Å². The second-order valence-corrected chi connectivity index (χ2v) is 5.09. The molecule has 10 nitrogen and oxygen atoms in total. The average molecular weight is 389 g/mol. The molecule has 0 amide bonds. The second kappa shape index (κ2) is 9.03. The highest BCUT2D eigenvalue weighted by molar-refractivity contribution is 5.90. The summed E-state index contributed by atoms with van der Waals surface area (Å²) in [5, 5.41) is 18.8. The molecule has 0 fully saturated rings. The van der Waals surface area contributed by atoms with Crippen LogP contribution in [-0.2, 0) is 9.47 Å². The molecule has 2 aromatic rings. The van der Waals surface area contributed by atoms with Crippen LogP contribution < -0.4 is 9.47 Å². The van der Waals surface area contributed by atoms with Crippen molar-refractivity contribution in [3.05, 3.63) is 47.5 Å². The molecule has 2 rings (SSSR count). The maximum atomic E-state index is 11.4. The van der Waals surface area contributed by atoms with Gasteiger partial charge in [0.2, 0.25) is 0 Å². The zero-order valence-electron chi connectivity index (χ0n) is 14.7. The molecule has 0 aliphatic heterocycles. The van der Waals surface area contributed by atoms with Crippen LogP contribution in [0, 0.1) is 0 Å².